The highest BCUT2D eigenvalue weighted by Crippen LogP contribution is 2.04. The average molecular weight is 455 g/mol. The maximum Gasteiger partial charge on any atom is 0.326 e. The fraction of sp³-hybridized carbons (Fsp3) is 0.471. The summed E-state index contributed by atoms with van der Waals surface area (Å²) in [6.45, 7) is -0.468. The van der Waals surface area contributed by atoms with E-state index in [-0.39, 0.29) is 6.42 Å². The van der Waals surface area contributed by atoms with Gasteiger partial charge in [0.25, 0.3) is 0 Å². The minimum Gasteiger partial charge on any atom is -0.481 e. The molecular formula is C17H25N7O8. The number of amides is 4. The molecule has 0 aromatic carbocycles. The number of carbonyl (C=O) groups excluding carboxylic acids is 4. The van der Waals surface area contributed by atoms with Crippen molar-refractivity contribution in [3.8, 4) is 0 Å². The molecule has 0 aliphatic carbocycles. The summed E-state index contributed by atoms with van der Waals surface area (Å²) in [4.78, 5) is 76.8. The molecule has 4 amide bonds. The Morgan fingerprint density at radius 3 is 2.12 bits per heavy atom. The molecule has 1 rings (SSSR count). The minimum absolute atomic E-state index is 0.156. The number of nitrogens with one attached hydrogen (secondary N) is 4. The molecule has 3 atom stereocenters. The van der Waals surface area contributed by atoms with E-state index in [1.807, 2.05) is 0 Å². The Kier molecular flexibility index (Phi) is 10.3. The summed E-state index contributed by atoms with van der Waals surface area (Å²) in [7, 11) is 0. The Morgan fingerprint density at radius 2 is 1.62 bits per heavy atom. The number of primary amides is 1. The normalized spacial score (nSPS) is 13.3. The Labute approximate surface area is 181 Å². The van der Waals surface area contributed by atoms with Gasteiger partial charge in [0.1, 0.15) is 18.1 Å². The number of aliphatic carboxylic acids is 2. The van der Waals surface area contributed by atoms with Crippen LogP contribution in [-0.2, 0) is 35.2 Å². The number of imidazole rings is 1. The first-order valence-electron chi connectivity index (χ1n) is 9.33. The zero-order chi connectivity index (χ0) is 24.3. The summed E-state index contributed by atoms with van der Waals surface area (Å²) < 4.78 is 0. The first-order valence-corrected chi connectivity index (χ1v) is 9.33. The predicted octanol–water partition coefficient (Wildman–Crippen LogP) is -3.81. The number of aromatic nitrogens is 2. The quantitative estimate of drug-likeness (QED) is 0.135. The number of carboxylic acid groups (broad SMARTS) is 2. The number of carboxylic acids is 2. The SMILES string of the molecule is NCC(=O)NC(CC(N)=O)C(=O)NC(Cc1cnc[nH]1)C(=O)NC(CCC(=O)O)C(=O)O. The lowest BCUT2D eigenvalue weighted by Gasteiger charge is -2.23. The van der Waals surface area contributed by atoms with E-state index in [2.05, 4.69) is 25.9 Å². The number of carbonyl (C=O) groups is 6. The van der Waals surface area contributed by atoms with Crippen LogP contribution in [0.1, 0.15) is 25.0 Å². The summed E-state index contributed by atoms with van der Waals surface area (Å²) in [6, 6.07) is -4.32. The maximum atomic E-state index is 12.7. The third kappa shape index (κ3) is 9.21. The Hall–Kier alpha value is -4.01. The predicted molar refractivity (Wildman–Crippen MR) is 105 cm³/mol. The van der Waals surface area contributed by atoms with E-state index in [4.69, 9.17) is 16.6 Å². The third-order valence-electron chi connectivity index (χ3n) is 4.12. The maximum absolute atomic E-state index is 12.7. The second-order valence-electron chi connectivity index (χ2n) is 6.67. The van der Waals surface area contributed by atoms with Gasteiger partial charge in [0.2, 0.25) is 23.6 Å². The molecule has 0 saturated carbocycles. The van der Waals surface area contributed by atoms with Gasteiger partial charge in [-0.05, 0) is 6.42 Å². The van der Waals surface area contributed by atoms with Crippen LogP contribution in [0.4, 0.5) is 0 Å². The molecule has 0 aliphatic rings. The van der Waals surface area contributed by atoms with E-state index in [9.17, 15) is 33.9 Å². The molecule has 15 heteroatoms. The van der Waals surface area contributed by atoms with Gasteiger partial charge in [0, 0.05) is 24.7 Å². The molecule has 1 heterocycles. The number of nitrogens with zero attached hydrogens (tertiary/aromatic N) is 1. The van der Waals surface area contributed by atoms with E-state index in [0.717, 1.165) is 0 Å². The van der Waals surface area contributed by atoms with Crippen molar-refractivity contribution < 1.29 is 39.0 Å². The van der Waals surface area contributed by atoms with Crippen molar-refractivity contribution in [1.29, 1.82) is 0 Å². The van der Waals surface area contributed by atoms with Crippen molar-refractivity contribution in [2.75, 3.05) is 6.54 Å². The summed E-state index contributed by atoms with van der Waals surface area (Å²) in [5, 5.41) is 24.7. The molecular weight excluding hydrogens is 430 g/mol. The van der Waals surface area contributed by atoms with E-state index in [0.29, 0.717) is 5.69 Å². The van der Waals surface area contributed by atoms with Gasteiger partial charge in [-0.15, -0.1) is 0 Å². The van der Waals surface area contributed by atoms with Crippen LogP contribution >= 0.6 is 0 Å². The van der Waals surface area contributed by atoms with Gasteiger partial charge >= 0.3 is 11.9 Å². The summed E-state index contributed by atoms with van der Waals surface area (Å²) in [6.07, 6.45) is 1.04. The van der Waals surface area contributed by atoms with Gasteiger partial charge in [0.05, 0.1) is 19.3 Å². The first kappa shape index (κ1) is 26.0. The van der Waals surface area contributed by atoms with Crippen LogP contribution in [0.3, 0.4) is 0 Å². The number of hydrogen-bond donors (Lipinski definition) is 8. The lowest BCUT2D eigenvalue weighted by atomic mass is 10.1. The van der Waals surface area contributed by atoms with Gasteiger partial charge in [-0.1, -0.05) is 0 Å². The van der Waals surface area contributed by atoms with Crippen molar-refractivity contribution in [1.82, 2.24) is 25.9 Å². The molecule has 0 spiro atoms. The van der Waals surface area contributed by atoms with Crippen molar-refractivity contribution >= 4 is 35.6 Å². The molecule has 15 nitrogen and oxygen atoms in total. The summed E-state index contributed by atoms with van der Waals surface area (Å²) in [5.41, 5.74) is 10.7. The van der Waals surface area contributed by atoms with Crippen LogP contribution in [0.2, 0.25) is 0 Å². The molecule has 176 valence electrons. The zero-order valence-electron chi connectivity index (χ0n) is 16.9. The lowest BCUT2D eigenvalue weighted by Crippen LogP contribution is -2.57. The highest BCUT2D eigenvalue weighted by Gasteiger charge is 2.30. The van der Waals surface area contributed by atoms with Crippen LogP contribution in [0.25, 0.3) is 0 Å². The van der Waals surface area contributed by atoms with E-state index < -0.39 is 79.5 Å². The Morgan fingerprint density at radius 1 is 1.00 bits per heavy atom. The Balaban J connectivity index is 3.02. The molecule has 32 heavy (non-hydrogen) atoms. The van der Waals surface area contributed by atoms with Crippen LogP contribution in [0.15, 0.2) is 12.5 Å². The van der Waals surface area contributed by atoms with Gasteiger partial charge < -0.3 is 42.6 Å². The lowest BCUT2D eigenvalue weighted by molar-refractivity contribution is -0.143. The molecule has 0 fully saturated rings. The van der Waals surface area contributed by atoms with Crippen molar-refractivity contribution in [2.45, 2.75) is 43.8 Å². The summed E-state index contributed by atoms with van der Waals surface area (Å²) in [5.74, 6) is -6.25. The van der Waals surface area contributed by atoms with Gasteiger partial charge in [-0.25, -0.2) is 9.78 Å². The molecule has 1 aromatic rings. The molecule has 0 radical (unpaired) electrons. The number of nitrogens with two attached hydrogens (primary N) is 2. The second-order valence-corrected chi connectivity index (χ2v) is 6.67. The fourth-order valence-electron chi connectivity index (χ4n) is 2.56. The van der Waals surface area contributed by atoms with Crippen LogP contribution < -0.4 is 27.4 Å². The third-order valence-corrected chi connectivity index (χ3v) is 4.12. The topological polar surface area (TPSA) is 260 Å². The largest absolute Gasteiger partial charge is 0.481 e. The number of aromatic amines is 1. The highest BCUT2D eigenvalue weighted by molar-refractivity contribution is 5.95. The van der Waals surface area contributed by atoms with E-state index in [1.54, 1.807) is 0 Å². The number of H-pyrrole nitrogens is 1. The van der Waals surface area contributed by atoms with Crippen molar-refractivity contribution in [2.24, 2.45) is 11.5 Å². The standard InChI is InChI=1S/C17H25N7O8/c18-5-13(26)22-11(4-12(19)25)16(30)24-10(3-8-6-20-7-21-8)15(29)23-9(17(31)32)1-2-14(27)28/h6-7,9-11H,1-5,18H2,(H2,19,25)(H,20,21)(H,22,26)(H,23,29)(H,24,30)(H,27,28)(H,31,32). The first-order chi connectivity index (χ1) is 15.0. The average Bonchev–Trinajstić information content (AvgIpc) is 3.22. The zero-order valence-corrected chi connectivity index (χ0v) is 16.9. The van der Waals surface area contributed by atoms with Crippen molar-refractivity contribution in [3.63, 3.8) is 0 Å². The summed E-state index contributed by atoms with van der Waals surface area (Å²) >= 11 is 0. The molecule has 0 aliphatic heterocycles. The molecule has 1 aromatic heterocycles. The van der Waals surface area contributed by atoms with Gasteiger partial charge in [0.15, 0.2) is 0 Å². The van der Waals surface area contributed by atoms with Gasteiger partial charge in [-0.3, -0.25) is 24.0 Å². The smallest absolute Gasteiger partial charge is 0.326 e. The highest BCUT2D eigenvalue weighted by atomic mass is 16.4. The second kappa shape index (κ2) is 12.6. The van der Waals surface area contributed by atoms with Crippen LogP contribution in [0.5, 0.6) is 0 Å². The van der Waals surface area contributed by atoms with E-state index >= 15 is 0 Å². The monoisotopic (exact) mass is 455 g/mol. The molecule has 3 unspecified atom stereocenters. The molecule has 10 N–H and O–H groups in total. The van der Waals surface area contributed by atoms with E-state index in [1.165, 1.54) is 12.5 Å². The molecule has 0 saturated heterocycles. The van der Waals surface area contributed by atoms with Gasteiger partial charge in [-0.2, -0.15) is 0 Å². The van der Waals surface area contributed by atoms with Crippen LogP contribution in [0, 0.1) is 0 Å². The Bertz CT molecular complexity index is 842. The van der Waals surface area contributed by atoms with Crippen LogP contribution in [-0.4, -0.2) is 80.4 Å². The molecule has 0 bridgehead atoms. The van der Waals surface area contributed by atoms with Crippen molar-refractivity contribution in [3.05, 3.63) is 18.2 Å². The fourth-order valence-corrected chi connectivity index (χ4v) is 2.56. The minimum atomic E-state index is -1.53. The number of hydrogen-bond acceptors (Lipinski definition) is 8. The number of rotatable bonds is 14.